The number of carbonyl (C=O) groups is 3. The zero-order valence-electron chi connectivity index (χ0n) is 30.2. The molecule has 1 saturated heterocycles. The Hall–Kier alpha value is -5.14. The monoisotopic (exact) mass is 726 g/mol. The molecule has 8 nitrogen and oxygen atoms in total. The van der Waals surface area contributed by atoms with Gasteiger partial charge in [-0.1, -0.05) is 97.1 Å². The van der Waals surface area contributed by atoms with E-state index in [2.05, 4.69) is 0 Å². The first-order valence-electron chi connectivity index (χ1n) is 18.2. The van der Waals surface area contributed by atoms with E-state index in [9.17, 15) is 14.2 Å². The molecule has 0 spiro atoms. The molecule has 9 heteroatoms. The molecule has 270 valence electrons. The van der Waals surface area contributed by atoms with Crippen molar-refractivity contribution in [2.24, 2.45) is 0 Å². The fourth-order valence-electron chi connectivity index (χ4n) is 7.58. The Morgan fingerprint density at radius 2 is 1.25 bits per heavy atom. The van der Waals surface area contributed by atoms with Gasteiger partial charge in [0.1, 0.15) is 5.66 Å². The predicted molar refractivity (Wildman–Crippen MR) is 211 cm³/mol. The summed E-state index contributed by atoms with van der Waals surface area (Å²) < 4.78 is 26.5. The Kier molecular flexibility index (Phi) is 10.6. The van der Waals surface area contributed by atoms with E-state index in [1.54, 1.807) is 44.0 Å². The van der Waals surface area contributed by atoms with Crippen molar-refractivity contribution in [3.63, 3.8) is 0 Å². The number of benzene rings is 6. The van der Waals surface area contributed by atoms with Gasteiger partial charge in [0.15, 0.2) is 5.78 Å². The molecule has 7 rings (SSSR count). The van der Waals surface area contributed by atoms with Gasteiger partial charge in [-0.25, -0.2) is 0 Å². The lowest BCUT2D eigenvalue weighted by atomic mass is 9.91. The quantitative estimate of drug-likeness (QED) is 0.0975. The second kappa shape index (κ2) is 15.5. The van der Waals surface area contributed by atoms with E-state index in [1.807, 2.05) is 108 Å². The number of rotatable bonds is 11. The number of hydrogen-bond acceptors (Lipinski definition) is 6. The third-order valence-corrected chi connectivity index (χ3v) is 12.7. The first-order valence-corrected chi connectivity index (χ1v) is 19.8. The van der Waals surface area contributed by atoms with Crippen molar-refractivity contribution < 1.29 is 28.0 Å². The van der Waals surface area contributed by atoms with Crippen molar-refractivity contribution in [3.8, 4) is 0 Å². The van der Waals surface area contributed by atoms with E-state index < -0.39 is 19.0 Å². The van der Waals surface area contributed by atoms with Crippen molar-refractivity contribution in [1.29, 1.82) is 0 Å². The van der Waals surface area contributed by atoms with Gasteiger partial charge in [0.25, 0.3) is 11.8 Å². The number of Topliss-reactive ketones (excluding diaryl/α,β-unsaturated/α-hetero) is 1. The number of piperidine rings is 1. The zero-order valence-corrected chi connectivity index (χ0v) is 31.1. The average Bonchev–Trinajstić information content (AvgIpc) is 3.19. The largest absolute Gasteiger partial charge is 0.345 e. The van der Waals surface area contributed by atoms with Crippen LogP contribution in [0.5, 0.6) is 0 Å². The number of hydrogen-bond donors (Lipinski definition) is 0. The van der Waals surface area contributed by atoms with E-state index in [1.165, 1.54) is 0 Å². The number of ketones is 1. The van der Waals surface area contributed by atoms with Crippen molar-refractivity contribution in [2.75, 3.05) is 33.4 Å². The molecule has 1 unspecified atom stereocenters. The zero-order chi connectivity index (χ0) is 37.1. The van der Waals surface area contributed by atoms with Crippen LogP contribution in [0.2, 0.25) is 0 Å². The molecule has 1 fully saturated rings. The molecular formula is C44H43N2O6P. The van der Waals surface area contributed by atoms with Crippen LogP contribution < -0.4 is 0 Å². The third kappa shape index (κ3) is 7.15. The van der Waals surface area contributed by atoms with Crippen LogP contribution in [0.25, 0.3) is 32.3 Å². The van der Waals surface area contributed by atoms with Crippen LogP contribution in [-0.4, -0.2) is 66.8 Å². The molecule has 0 radical (unpaired) electrons. The van der Waals surface area contributed by atoms with Gasteiger partial charge in [0, 0.05) is 37.3 Å². The summed E-state index contributed by atoms with van der Waals surface area (Å²) in [7, 11) is -2.35. The first-order chi connectivity index (χ1) is 25.7. The van der Waals surface area contributed by atoms with Gasteiger partial charge in [0.2, 0.25) is 0 Å². The van der Waals surface area contributed by atoms with Crippen LogP contribution in [0, 0.1) is 0 Å². The maximum absolute atomic E-state index is 15.1. The molecule has 0 bridgehead atoms. The summed E-state index contributed by atoms with van der Waals surface area (Å²) in [6, 6.07) is 37.8. The molecule has 1 aliphatic heterocycles. The van der Waals surface area contributed by atoms with Crippen LogP contribution in [0.4, 0.5) is 0 Å². The van der Waals surface area contributed by atoms with Gasteiger partial charge in [-0.15, -0.1) is 0 Å². The normalized spacial score (nSPS) is 14.4. The van der Waals surface area contributed by atoms with Crippen molar-refractivity contribution in [1.82, 2.24) is 9.80 Å². The molecule has 6 aromatic rings. The van der Waals surface area contributed by atoms with E-state index in [0.29, 0.717) is 37.1 Å². The molecule has 6 aromatic carbocycles. The van der Waals surface area contributed by atoms with Crippen LogP contribution in [0.15, 0.2) is 121 Å². The van der Waals surface area contributed by atoms with Crippen LogP contribution >= 0.6 is 7.60 Å². The van der Waals surface area contributed by atoms with E-state index in [-0.39, 0.29) is 42.2 Å². The SMILES string of the molecule is CCOP(=O)(OCC)C(C(=O)c1cc2ccccc2cc1C(=O)N(C)C1CCN(C(=O)c2ccc3ccccc3c2)CC1)c1cccc2ccccc12. The minimum absolute atomic E-state index is 0.0295. The fourth-order valence-corrected chi connectivity index (χ4v) is 9.66. The van der Waals surface area contributed by atoms with Crippen molar-refractivity contribution in [3.05, 3.63) is 144 Å². The third-order valence-electron chi connectivity index (χ3n) is 10.3. The average molecular weight is 727 g/mol. The summed E-state index contributed by atoms with van der Waals surface area (Å²) in [5.74, 6) is -0.860. The standard InChI is InChI=1S/C44H43N2O6P/c1-4-51-53(50,52-5-2)42(38-20-12-18-31-14-10-11-19-37(31)38)41(47)39-28-33-16-8-9-17-34(33)29-40(39)44(49)45(3)36-23-25-46(26-24-36)43(48)35-22-21-30-13-6-7-15-32(30)27-35/h6-22,27-29,36,42H,4-5,23-26H2,1-3H3. The lowest BCUT2D eigenvalue weighted by Crippen LogP contribution is -2.47. The van der Waals surface area contributed by atoms with Gasteiger partial charge in [-0.05, 0) is 88.8 Å². The maximum Gasteiger partial charge on any atom is 0.345 e. The van der Waals surface area contributed by atoms with Crippen LogP contribution in [-0.2, 0) is 13.6 Å². The van der Waals surface area contributed by atoms with E-state index >= 15 is 4.79 Å². The first kappa shape index (κ1) is 36.2. The number of nitrogens with zero attached hydrogens (tertiary/aromatic N) is 2. The molecule has 53 heavy (non-hydrogen) atoms. The second-order valence-electron chi connectivity index (χ2n) is 13.5. The highest BCUT2D eigenvalue weighted by atomic mass is 31.2. The minimum atomic E-state index is -4.11. The van der Waals surface area contributed by atoms with Gasteiger partial charge >= 0.3 is 7.60 Å². The highest BCUT2D eigenvalue weighted by Crippen LogP contribution is 2.63. The summed E-state index contributed by atoms with van der Waals surface area (Å²) in [4.78, 5) is 46.8. The van der Waals surface area contributed by atoms with Gasteiger partial charge < -0.3 is 18.8 Å². The van der Waals surface area contributed by atoms with E-state index in [4.69, 9.17) is 9.05 Å². The molecule has 1 atom stereocenters. The summed E-state index contributed by atoms with van der Waals surface area (Å²) in [6.07, 6.45) is 1.17. The molecule has 0 N–H and O–H groups in total. The molecular weight excluding hydrogens is 683 g/mol. The molecule has 1 heterocycles. The summed E-state index contributed by atoms with van der Waals surface area (Å²) >= 11 is 0. The van der Waals surface area contributed by atoms with Crippen LogP contribution in [0.1, 0.15) is 69.0 Å². The fraction of sp³-hybridized carbons (Fsp3) is 0.250. The van der Waals surface area contributed by atoms with Gasteiger partial charge in [-0.3, -0.25) is 18.9 Å². The van der Waals surface area contributed by atoms with Gasteiger partial charge in [0.05, 0.1) is 18.8 Å². The summed E-state index contributed by atoms with van der Waals surface area (Å²) in [6.45, 7) is 4.56. The summed E-state index contributed by atoms with van der Waals surface area (Å²) in [5, 5.41) is 5.30. The maximum atomic E-state index is 15.1. The Bertz CT molecular complexity index is 2370. The lowest BCUT2D eigenvalue weighted by molar-refractivity contribution is 0.0567. The number of carbonyl (C=O) groups excluding carboxylic acids is 3. The minimum Gasteiger partial charge on any atom is -0.339 e. The smallest absolute Gasteiger partial charge is 0.339 e. The number of likely N-dealkylation sites (tertiary alicyclic amines) is 1. The molecule has 2 amide bonds. The number of fused-ring (bicyclic) bond motifs is 3. The number of amides is 2. The Morgan fingerprint density at radius 1 is 0.698 bits per heavy atom. The Morgan fingerprint density at radius 3 is 1.89 bits per heavy atom. The topological polar surface area (TPSA) is 93.2 Å². The highest BCUT2D eigenvalue weighted by Gasteiger charge is 2.45. The lowest BCUT2D eigenvalue weighted by Gasteiger charge is -2.37. The molecule has 0 saturated carbocycles. The van der Waals surface area contributed by atoms with Gasteiger partial charge in [-0.2, -0.15) is 0 Å². The highest BCUT2D eigenvalue weighted by molar-refractivity contribution is 7.55. The Balaban J connectivity index is 1.22. The van der Waals surface area contributed by atoms with Crippen molar-refractivity contribution >= 4 is 57.5 Å². The molecule has 1 aliphatic rings. The molecule has 0 aromatic heterocycles. The Labute approximate surface area is 309 Å². The molecule has 0 aliphatic carbocycles. The van der Waals surface area contributed by atoms with Crippen molar-refractivity contribution in [2.45, 2.75) is 38.4 Å². The second-order valence-corrected chi connectivity index (χ2v) is 15.6. The van der Waals surface area contributed by atoms with Crippen LogP contribution in [0.3, 0.4) is 0 Å². The summed E-state index contributed by atoms with van der Waals surface area (Å²) in [5.41, 5.74) is 0.207. The van der Waals surface area contributed by atoms with E-state index in [0.717, 1.165) is 32.3 Å². The predicted octanol–water partition coefficient (Wildman–Crippen LogP) is 9.71.